The molecule has 2 amide bonds. The standard InChI is InChI=1S/C13H19N3O2.ClH/c1-15-12(17)8-9-16-13(18)7-6-10-4-2-3-5-11(10)14;/h2-5H,6-9,14H2,1H3,(H,15,17)(H,16,18);1H. The van der Waals surface area contributed by atoms with Gasteiger partial charge in [-0.25, -0.2) is 0 Å². The molecule has 19 heavy (non-hydrogen) atoms. The lowest BCUT2D eigenvalue weighted by Gasteiger charge is -2.06. The van der Waals surface area contributed by atoms with Crippen molar-refractivity contribution in [2.45, 2.75) is 19.3 Å². The van der Waals surface area contributed by atoms with E-state index in [0.29, 0.717) is 31.5 Å². The number of aryl methyl sites for hydroxylation is 1. The maximum Gasteiger partial charge on any atom is 0.221 e. The Morgan fingerprint density at radius 3 is 2.47 bits per heavy atom. The highest BCUT2D eigenvalue weighted by Gasteiger charge is 2.05. The summed E-state index contributed by atoms with van der Waals surface area (Å²) in [5.41, 5.74) is 7.46. The third-order valence-electron chi connectivity index (χ3n) is 2.63. The Morgan fingerprint density at radius 2 is 1.84 bits per heavy atom. The van der Waals surface area contributed by atoms with Gasteiger partial charge in [-0.15, -0.1) is 12.4 Å². The maximum absolute atomic E-state index is 11.5. The molecule has 0 fully saturated rings. The predicted octanol–water partition coefficient (Wildman–Crippen LogP) is 0.875. The van der Waals surface area contributed by atoms with Gasteiger partial charge in [0.2, 0.25) is 11.8 Å². The van der Waals surface area contributed by atoms with Gasteiger partial charge < -0.3 is 16.4 Å². The first-order chi connectivity index (χ1) is 8.63. The van der Waals surface area contributed by atoms with Crippen molar-refractivity contribution in [1.29, 1.82) is 0 Å². The van der Waals surface area contributed by atoms with Crippen LogP contribution in [0.4, 0.5) is 5.69 Å². The third kappa shape index (κ3) is 6.67. The summed E-state index contributed by atoms with van der Waals surface area (Å²) in [6.45, 7) is 0.364. The van der Waals surface area contributed by atoms with E-state index in [9.17, 15) is 9.59 Å². The van der Waals surface area contributed by atoms with Gasteiger partial charge in [0, 0.05) is 32.1 Å². The van der Waals surface area contributed by atoms with Gasteiger partial charge >= 0.3 is 0 Å². The lowest BCUT2D eigenvalue weighted by Crippen LogP contribution is -2.29. The van der Waals surface area contributed by atoms with Crippen molar-refractivity contribution in [2.24, 2.45) is 0 Å². The van der Waals surface area contributed by atoms with Crippen molar-refractivity contribution >= 4 is 29.9 Å². The van der Waals surface area contributed by atoms with Crippen LogP contribution in [0.5, 0.6) is 0 Å². The number of nitrogens with one attached hydrogen (secondary N) is 2. The summed E-state index contributed by atoms with van der Waals surface area (Å²) in [6, 6.07) is 7.49. The second kappa shape index (κ2) is 9.22. The maximum atomic E-state index is 11.5. The Hall–Kier alpha value is -1.75. The Kier molecular flexibility index (Phi) is 8.37. The minimum absolute atomic E-state index is 0. The van der Waals surface area contributed by atoms with E-state index in [1.54, 1.807) is 7.05 Å². The van der Waals surface area contributed by atoms with Gasteiger partial charge in [0.1, 0.15) is 0 Å². The quantitative estimate of drug-likeness (QED) is 0.678. The monoisotopic (exact) mass is 285 g/mol. The number of halogens is 1. The fourth-order valence-electron chi connectivity index (χ4n) is 1.54. The molecule has 0 saturated carbocycles. The van der Waals surface area contributed by atoms with E-state index in [0.717, 1.165) is 5.56 Å². The Labute approximate surface area is 119 Å². The number of rotatable bonds is 6. The molecule has 0 atom stereocenters. The molecule has 0 spiro atoms. The fraction of sp³-hybridized carbons (Fsp3) is 0.385. The van der Waals surface area contributed by atoms with Crippen molar-refractivity contribution in [3.63, 3.8) is 0 Å². The van der Waals surface area contributed by atoms with E-state index in [4.69, 9.17) is 5.73 Å². The largest absolute Gasteiger partial charge is 0.399 e. The second-order valence-corrected chi connectivity index (χ2v) is 3.97. The summed E-state index contributed by atoms with van der Waals surface area (Å²) in [4.78, 5) is 22.5. The minimum Gasteiger partial charge on any atom is -0.399 e. The van der Waals surface area contributed by atoms with Gasteiger partial charge in [-0.05, 0) is 18.1 Å². The number of benzene rings is 1. The molecule has 0 aliphatic heterocycles. The van der Waals surface area contributed by atoms with Crippen LogP contribution in [0.3, 0.4) is 0 Å². The van der Waals surface area contributed by atoms with E-state index in [2.05, 4.69) is 10.6 Å². The molecular weight excluding hydrogens is 266 g/mol. The number of nitrogens with two attached hydrogens (primary N) is 1. The Bertz CT molecular complexity index is 424. The molecule has 1 aromatic rings. The summed E-state index contributed by atoms with van der Waals surface area (Å²) in [5.74, 6) is -0.148. The normalized spacial score (nSPS) is 9.32. The number of nitrogen functional groups attached to an aromatic ring is 1. The Morgan fingerprint density at radius 1 is 1.16 bits per heavy atom. The topological polar surface area (TPSA) is 84.2 Å². The molecule has 5 nitrogen and oxygen atoms in total. The number of hydrogen-bond donors (Lipinski definition) is 3. The van der Waals surface area contributed by atoms with Crippen LogP contribution >= 0.6 is 12.4 Å². The molecule has 1 rings (SSSR count). The van der Waals surface area contributed by atoms with Crippen LogP contribution in [0.1, 0.15) is 18.4 Å². The van der Waals surface area contributed by atoms with Crippen LogP contribution in [0.2, 0.25) is 0 Å². The van der Waals surface area contributed by atoms with Crippen LogP contribution in [-0.2, 0) is 16.0 Å². The number of hydrogen-bond acceptors (Lipinski definition) is 3. The van der Waals surface area contributed by atoms with E-state index < -0.39 is 0 Å². The van der Waals surface area contributed by atoms with Gasteiger partial charge in [-0.2, -0.15) is 0 Å². The fourth-order valence-corrected chi connectivity index (χ4v) is 1.54. The molecule has 4 N–H and O–H groups in total. The number of amides is 2. The molecule has 0 radical (unpaired) electrons. The summed E-state index contributed by atoms with van der Waals surface area (Å²) in [7, 11) is 1.57. The zero-order valence-electron chi connectivity index (χ0n) is 10.9. The summed E-state index contributed by atoms with van der Waals surface area (Å²) in [5, 5.41) is 5.19. The number of anilines is 1. The van der Waals surface area contributed by atoms with Crippen LogP contribution in [-0.4, -0.2) is 25.4 Å². The molecular formula is C13H20ClN3O2. The van der Waals surface area contributed by atoms with E-state index in [-0.39, 0.29) is 24.2 Å². The van der Waals surface area contributed by atoms with Gasteiger partial charge in [0.25, 0.3) is 0 Å². The van der Waals surface area contributed by atoms with Crippen LogP contribution in [0, 0.1) is 0 Å². The molecule has 0 saturated heterocycles. The SMILES string of the molecule is CNC(=O)CCNC(=O)CCc1ccccc1N.Cl. The number of carbonyl (C=O) groups excluding carboxylic acids is 2. The second-order valence-electron chi connectivity index (χ2n) is 3.97. The molecule has 0 aliphatic carbocycles. The van der Waals surface area contributed by atoms with Gasteiger partial charge in [0.05, 0.1) is 0 Å². The first-order valence-corrected chi connectivity index (χ1v) is 5.94. The average molecular weight is 286 g/mol. The zero-order chi connectivity index (χ0) is 13.4. The molecule has 0 aromatic heterocycles. The van der Waals surface area contributed by atoms with E-state index in [1.165, 1.54) is 0 Å². The highest BCUT2D eigenvalue weighted by molar-refractivity contribution is 5.85. The van der Waals surface area contributed by atoms with Crippen molar-refractivity contribution < 1.29 is 9.59 Å². The lowest BCUT2D eigenvalue weighted by atomic mass is 10.1. The predicted molar refractivity (Wildman–Crippen MR) is 78.1 cm³/mol. The van der Waals surface area contributed by atoms with Crippen LogP contribution in [0.15, 0.2) is 24.3 Å². The molecule has 0 unspecified atom stereocenters. The Balaban J connectivity index is 0.00000324. The lowest BCUT2D eigenvalue weighted by molar-refractivity contribution is -0.122. The van der Waals surface area contributed by atoms with Gasteiger partial charge in [-0.1, -0.05) is 18.2 Å². The van der Waals surface area contributed by atoms with Crippen molar-refractivity contribution in [3.05, 3.63) is 29.8 Å². The van der Waals surface area contributed by atoms with Crippen molar-refractivity contribution in [1.82, 2.24) is 10.6 Å². The molecule has 0 bridgehead atoms. The summed E-state index contributed by atoms with van der Waals surface area (Å²) >= 11 is 0. The zero-order valence-corrected chi connectivity index (χ0v) is 11.8. The van der Waals surface area contributed by atoms with Crippen molar-refractivity contribution in [2.75, 3.05) is 19.3 Å². The smallest absolute Gasteiger partial charge is 0.221 e. The summed E-state index contributed by atoms with van der Waals surface area (Å²) < 4.78 is 0. The van der Waals surface area contributed by atoms with Crippen LogP contribution in [0.25, 0.3) is 0 Å². The molecule has 0 heterocycles. The van der Waals surface area contributed by atoms with Crippen LogP contribution < -0.4 is 16.4 Å². The number of para-hydroxylation sites is 1. The van der Waals surface area contributed by atoms with Gasteiger partial charge in [0.15, 0.2) is 0 Å². The molecule has 1 aromatic carbocycles. The highest BCUT2D eigenvalue weighted by Crippen LogP contribution is 2.12. The average Bonchev–Trinajstić information content (AvgIpc) is 2.37. The van der Waals surface area contributed by atoms with E-state index in [1.807, 2.05) is 24.3 Å². The first kappa shape index (κ1) is 17.2. The van der Waals surface area contributed by atoms with E-state index >= 15 is 0 Å². The number of carbonyl (C=O) groups is 2. The first-order valence-electron chi connectivity index (χ1n) is 5.94. The molecule has 106 valence electrons. The highest BCUT2D eigenvalue weighted by atomic mass is 35.5. The molecule has 0 aliphatic rings. The summed E-state index contributed by atoms with van der Waals surface area (Å²) in [6.07, 6.45) is 1.29. The third-order valence-corrected chi connectivity index (χ3v) is 2.63. The van der Waals surface area contributed by atoms with Gasteiger partial charge in [-0.3, -0.25) is 9.59 Å². The molecule has 6 heteroatoms. The minimum atomic E-state index is -0.0809. The van der Waals surface area contributed by atoms with Crippen molar-refractivity contribution in [3.8, 4) is 0 Å².